The van der Waals surface area contributed by atoms with Crippen molar-refractivity contribution in [3.63, 3.8) is 0 Å². The van der Waals surface area contributed by atoms with Crippen LogP contribution in [0.25, 0.3) is 0 Å². The highest BCUT2D eigenvalue weighted by atomic mass is 32.2. The van der Waals surface area contributed by atoms with Crippen LogP contribution in [0.5, 0.6) is 0 Å². The molecular formula is C7H12N2O8S. The van der Waals surface area contributed by atoms with Crippen molar-refractivity contribution >= 4 is 28.2 Å². The van der Waals surface area contributed by atoms with E-state index < -0.39 is 40.7 Å². The lowest BCUT2D eigenvalue weighted by atomic mass is 10.2. The summed E-state index contributed by atoms with van der Waals surface area (Å²) in [5.41, 5.74) is 0. The van der Waals surface area contributed by atoms with Crippen molar-refractivity contribution in [1.82, 2.24) is 9.44 Å². The second kappa shape index (κ2) is 6.76. The van der Waals surface area contributed by atoms with Gasteiger partial charge in [-0.25, -0.2) is 9.52 Å². The fourth-order valence-electron chi connectivity index (χ4n) is 0.798. The summed E-state index contributed by atoms with van der Waals surface area (Å²) in [4.78, 5) is 32.2. The number of carbonyl (C=O) groups is 3. The van der Waals surface area contributed by atoms with E-state index in [-0.39, 0.29) is 0 Å². The van der Waals surface area contributed by atoms with E-state index in [9.17, 15) is 22.8 Å². The van der Waals surface area contributed by atoms with E-state index >= 15 is 0 Å². The van der Waals surface area contributed by atoms with Crippen LogP contribution in [0.15, 0.2) is 0 Å². The van der Waals surface area contributed by atoms with E-state index in [1.165, 1.54) is 4.72 Å². The van der Waals surface area contributed by atoms with Crippen LogP contribution >= 0.6 is 0 Å². The fourth-order valence-corrected chi connectivity index (χ4v) is 1.72. The molecule has 0 aromatic carbocycles. The Kier molecular flexibility index (Phi) is 6.05. The van der Waals surface area contributed by atoms with Gasteiger partial charge in [0.15, 0.2) is 0 Å². The molecule has 0 saturated heterocycles. The number of hydrogen-bond acceptors (Lipinski definition) is 7. The van der Waals surface area contributed by atoms with Gasteiger partial charge in [0, 0.05) is 0 Å². The Bertz CT molecular complexity index is 431. The first-order valence-corrected chi connectivity index (χ1v) is 5.87. The first kappa shape index (κ1) is 16.1. The number of esters is 1. The molecule has 0 spiro atoms. The van der Waals surface area contributed by atoms with Gasteiger partial charge in [-0.2, -0.15) is 13.1 Å². The fraction of sp³-hybridized carbons (Fsp3) is 0.571. The number of aliphatic carboxylic acids is 1. The molecule has 104 valence electrons. The summed E-state index contributed by atoms with van der Waals surface area (Å²) in [6.07, 6.45) is -2.03. The molecule has 0 heterocycles. The molecule has 0 aromatic heterocycles. The Morgan fingerprint density at radius 3 is 2.17 bits per heavy atom. The molecule has 18 heavy (non-hydrogen) atoms. The van der Waals surface area contributed by atoms with E-state index in [0.29, 0.717) is 0 Å². The van der Waals surface area contributed by atoms with E-state index in [0.717, 1.165) is 14.2 Å². The summed E-state index contributed by atoms with van der Waals surface area (Å²) in [5.74, 6) is -2.53. The number of ether oxygens (including phenoxy) is 2. The zero-order valence-electron chi connectivity index (χ0n) is 9.50. The van der Waals surface area contributed by atoms with Gasteiger partial charge >= 0.3 is 28.2 Å². The first-order valence-electron chi connectivity index (χ1n) is 4.39. The molecule has 1 atom stereocenters. The number of rotatable bonds is 6. The minimum absolute atomic E-state index is 0.728. The number of methoxy groups -OCH3 is 2. The molecule has 0 aromatic rings. The zero-order chi connectivity index (χ0) is 14.3. The van der Waals surface area contributed by atoms with Gasteiger partial charge in [0.25, 0.3) is 0 Å². The molecule has 0 rings (SSSR count). The van der Waals surface area contributed by atoms with Crippen molar-refractivity contribution in [3.8, 4) is 0 Å². The second-order valence-corrected chi connectivity index (χ2v) is 4.33. The molecule has 10 nitrogen and oxygen atoms in total. The average Bonchev–Trinajstić information content (AvgIpc) is 2.26. The summed E-state index contributed by atoms with van der Waals surface area (Å²) >= 11 is 0. The molecule has 1 amide bonds. The number of carboxylic acid groups (broad SMARTS) is 1. The molecule has 0 aliphatic heterocycles. The molecule has 11 heteroatoms. The highest BCUT2D eigenvalue weighted by Crippen LogP contribution is 1.97. The molecule has 0 fully saturated rings. The van der Waals surface area contributed by atoms with Crippen molar-refractivity contribution in [2.24, 2.45) is 0 Å². The van der Waals surface area contributed by atoms with Gasteiger partial charge in [0.1, 0.15) is 6.04 Å². The topological polar surface area (TPSA) is 148 Å². The van der Waals surface area contributed by atoms with Gasteiger partial charge in [-0.15, -0.1) is 0 Å². The highest BCUT2D eigenvalue weighted by Gasteiger charge is 2.28. The maximum atomic E-state index is 11.2. The quantitative estimate of drug-likeness (QED) is 0.483. The normalized spacial score (nSPS) is 12.3. The van der Waals surface area contributed by atoms with Crippen LogP contribution in [0.3, 0.4) is 0 Å². The Balaban J connectivity index is 4.73. The summed E-state index contributed by atoms with van der Waals surface area (Å²) in [7, 11) is -2.51. The van der Waals surface area contributed by atoms with Crippen LogP contribution in [-0.2, 0) is 29.3 Å². The molecule has 0 bridgehead atoms. The lowest BCUT2D eigenvalue weighted by Crippen LogP contribution is -2.48. The van der Waals surface area contributed by atoms with Crippen molar-refractivity contribution in [2.75, 3.05) is 14.2 Å². The second-order valence-electron chi connectivity index (χ2n) is 2.89. The van der Waals surface area contributed by atoms with Crippen molar-refractivity contribution in [3.05, 3.63) is 0 Å². The van der Waals surface area contributed by atoms with E-state index in [4.69, 9.17) is 5.11 Å². The number of carboxylic acids is 1. The third-order valence-corrected chi connectivity index (χ3v) is 2.63. The molecule has 0 unspecified atom stereocenters. The van der Waals surface area contributed by atoms with E-state index in [2.05, 4.69) is 9.47 Å². The van der Waals surface area contributed by atoms with Crippen LogP contribution in [0.2, 0.25) is 0 Å². The van der Waals surface area contributed by atoms with Gasteiger partial charge in [-0.3, -0.25) is 9.59 Å². The Hall–Kier alpha value is -1.88. The lowest BCUT2D eigenvalue weighted by molar-refractivity contribution is -0.147. The SMILES string of the molecule is COC(=O)C[C@H](NS(=O)(=O)NC(=O)OC)C(=O)O. The lowest BCUT2D eigenvalue weighted by Gasteiger charge is -2.13. The van der Waals surface area contributed by atoms with Crippen LogP contribution in [0.1, 0.15) is 6.42 Å². The van der Waals surface area contributed by atoms with Crippen LogP contribution < -0.4 is 9.44 Å². The van der Waals surface area contributed by atoms with Crippen molar-refractivity contribution in [2.45, 2.75) is 12.5 Å². The third kappa shape index (κ3) is 6.00. The van der Waals surface area contributed by atoms with Gasteiger partial charge < -0.3 is 14.6 Å². The predicted octanol–water partition coefficient (Wildman–Crippen LogP) is -1.81. The Morgan fingerprint density at radius 2 is 1.78 bits per heavy atom. The smallest absolute Gasteiger partial charge is 0.421 e. The standard InChI is InChI=1S/C7H12N2O8S/c1-16-5(10)3-4(6(11)12)8-18(14,15)9-7(13)17-2/h4,8H,3H2,1-2H3,(H,9,13)(H,11,12)/t4-/m0/s1. The zero-order valence-corrected chi connectivity index (χ0v) is 10.3. The monoisotopic (exact) mass is 284 g/mol. The minimum Gasteiger partial charge on any atom is -0.480 e. The molecule has 0 radical (unpaired) electrons. The van der Waals surface area contributed by atoms with E-state index in [1.54, 1.807) is 4.72 Å². The average molecular weight is 284 g/mol. The Labute approximate surface area is 102 Å². The molecule has 0 aliphatic carbocycles. The molecule has 0 saturated carbocycles. The number of carbonyl (C=O) groups excluding carboxylic acids is 2. The maximum absolute atomic E-state index is 11.2. The number of nitrogens with one attached hydrogen (secondary N) is 2. The van der Waals surface area contributed by atoms with Crippen molar-refractivity contribution in [1.29, 1.82) is 0 Å². The first-order chi connectivity index (χ1) is 8.21. The van der Waals surface area contributed by atoms with Crippen LogP contribution in [0, 0.1) is 0 Å². The number of amides is 1. The molecule has 0 aliphatic rings. The molecular weight excluding hydrogens is 272 g/mol. The number of hydrogen-bond donors (Lipinski definition) is 3. The summed E-state index contributed by atoms with van der Waals surface area (Å²) in [6, 6.07) is -1.76. The predicted molar refractivity (Wildman–Crippen MR) is 55.7 cm³/mol. The molecule has 3 N–H and O–H groups in total. The minimum atomic E-state index is -4.45. The van der Waals surface area contributed by atoms with Crippen LogP contribution in [-0.4, -0.2) is 51.8 Å². The highest BCUT2D eigenvalue weighted by molar-refractivity contribution is 7.88. The van der Waals surface area contributed by atoms with E-state index in [1.807, 2.05) is 0 Å². The van der Waals surface area contributed by atoms with Gasteiger partial charge in [-0.05, 0) is 0 Å². The largest absolute Gasteiger partial charge is 0.480 e. The van der Waals surface area contributed by atoms with Gasteiger partial charge in [-0.1, -0.05) is 0 Å². The van der Waals surface area contributed by atoms with Gasteiger partial charge in [0.05, 0.1) is 20.6 Å². The summed E-state index contributed by atoms with van der Waals surface area (Å²) in [6.45, 7) is 0. The maximum Gasteiger partial charge on any atom is 0.421 e. The van der Waals surface area contributed by atoms with Crippen molar-refractivity contribution < 1.29 is 37.4 Å². The summed E-state index contributed by atoms with van der Waals surface area (Å²) < 4.78 is 33.7. The third-order valence-electron chi connectivity index (χ3n) is 1.60. The van der Waals surface area contributed by atoms with Crippen LogP contribution in [0.4, 0.5) is 4.79 Å². The van der Waals surface area contributed by atoms with Gasteiger partial charge in [0.2, 0.25) is 0 Å². The summed E-state index contributed by atoms with van der Waals surface area (Å²) in [5, 5.41) is 8.69. The Morgan fingerprint density at radius 1 is 1.22 bits per heavy atom.